The van der Waals surface area contributed by atoms with Crippen molar-refractivity contribution < 1.29 is 22.4 Å². The van der Waals surface area contributed by atoms with E-state index in [9.17, 15) is 22.4 Å². The Morgan fingerprint density at radius 1 is 1.18 bits per heavy atom. The summed E-state index contributed by atoms with van der Waals surface area (Å²) in [5.74, 6) is -1.05. The Kier molecular flexibility index (Phi) is 7.19. The number of halogens is 4. The van der Waals surface area contributed by atoms with Crippen LogP contribution < -0.4 is 0 Å². The Bertz CT molecular complexity index is 835. The fraction of sp³-hybridized carbons (Fsp3) is 0.368. The lowest BCUT2D eigenvalue weighted by molar-refractivity contribution is -0.138. The van der Waals surface area contributed by atoms with E-state index in [0.29, 0.717) is 18.7 Å². The fourth-order valence-electron chi connectivity index (χ4n) is 2.40. The molecule has 150 valence electrons. The molecule has 0 fully saturated rings. The predicted molar refractivity (Wildman–Crippen MR) is 98.1 cm³/mol. The van der Waals surface area contributed by atoms with E-state index in [-0.39, 0.29) is 22.6 Å². The van der Waals surface area contributed by atoms with E-state index in [2.05, 4.69) is 21.9 Å². The van der Waals surface area contributed by atoms with Crippen molar-refractivity contribution in [1.82, 2.24) is 14.9 Å². The van der Waals surface area contributed by atoms with Crippen LogP contribution in [-0.2, 0) is 6.18 Å². The van der Waals surface area contributed by atoms with Crippen molar-refractivity contribution in [2.24, 2.45) is 4.99 Å². The molecule has 0 spiro atoms. The number of nitrogens with zero attached hydrogens (tertiary/aromatic N) is 4. The van der Waals surface area contributed by atoms with E-state index >= 15 is 0 Å². The molecule has 0 amide bonds. The van der Waals surface area contributed by atoms with Crippen molar-refractivity contribution in [2.75, 3.05) is 13.6 Å². The van der Waals surface area contributed by atoms with Crippen LogP contribution in [0.1, 0.15) is 42.1 Å². The summed E-state index contributed by atoms with van der Waals surface area (Å²) in [5.41, 5.74) is -0.975. The SMILES string of the molecule is CCCCCN(C)C=Nc1cc(-c2ncc(C(F)(F)F)cn2)c(F)cc1C=O. The summed E-state index contributed by atoms with van der Waals surface area (Å²) in [6, 6.07) is 2.21. The van der Waals surface area contributed by atoms with Crippen LogP contribution in [0.3, 0.4) is 0 Å². The highest BCUT2D eigenvalue weighted by Crippen LogP contribution is 2.31. The zero-order chi connectivity index (χ0) is 20.7. The third-order valence-electron chi connectivity index (χ3n) is 3.97. The minimum atomic E-state index is -4.59. The number of hydrogen-bond donors (Lipinski definition) is 0. The van der Waals surface area contributed by atoms with Gasteiger partial charge in [0.1, 0.15) is 5.82 Å². The van der Waals surface area contributed by atoms with Gasteiger partial charge >= 0.3 is 6.18 Å². The molecule has 5 nitrogen and oxygen atoms in total. The number of aldehydes is 1. The van der Waals surface area contributed by atoms with Crippen LogP contribution >= 0.6 is 0 Å². The lowest BCUT2D eigenvalue weighted by atomic mass is 10.1. The van der Waals surface area contributed by atoms with Gasteiger partial charge in [-0.2, -0.15) is 13.2 Å². The van der Waals surface area contributed by atoms with Crippen molar-refractivity contribution >= 4 is 18.3 Å². The molecule has 28 heavy (non-hydrogen) atoms. The lowest BCUT2D eigenvalue weighted by Gasteiger charge is -2.13. The van der Waals surface area contributed by atoms with Crippen LogP contribution in [-0.4, -0.2) is 41.1 Å². The quantitative estimate of drug-likeness (QED) is 0.209. The predicted octanol–water partition coefficient (Wildman–Crippen LogP) is 4.90. The van der Waals surface area contributed by atoms with Gasteiger partial charge in [-0.25, -0.2) is 19.4 Å². The maximum Gasteiger partial charge on any atom is 0.419 e. The van der Waals surface area contributed by atoms with Crippen LogP contribution in [0.15, 0.2) is 29.5 Å². The molecule has 0 saturated carbocycles. The topological polar surface area (TPSA) is 58.5 Å². The van der Waals surface area contributed by atoms with Crippen LogP contribution in [0.25, 0.3) is 11.4 Å². The standard InChI is InChI=1S/C19H20F4N4O/c1-3-4-5-6-27(2)12-26-17-8-15(16(20)7-13(17)11-28)18-24-9-14(10-25-18)19(21,22)23/h7-12H,3-6H2,1-2H3. The molecule has 1 aromatic carbocycles. The smallest absolute Gasteiger partial charge is 0.366 e. The molecule has 0 aliphatic heterocycles. The molecule has 2 rings (SSSR count). The minimum absolute atomic E-state index is 0.0198. The van der Waals surface area contributed by atoms with Crippen LogP contribution in [0, 0.1) is 5.82 Å². The number of aliphatic imine (C=N–C) groups is 1. The summed E-state index contributed by atoms with van der Waals surface area (Å²) < 4.78 is 52.2. The van der Waals surface area contributed by atoms with Gasteiger partial charge in [-0.1, -0.05) is 19.8 Å². The first-order valence-electron chi connectivity index (χ1n) is 8.69. The van der Waals surface area contributed by atoms with Crippen LogP contribution in [0.2, 0.25) is 0 Å². The van der Waals surface area contributed by atoms with Gasteiger partial charge in [0.2, 0.25) is 0 Å². The van der Waals surface area contributed by atoms with Crippen molar-refractivity contribution in [3.8, 4) is 11.4 Å². The molecule has 0 bridgehead atoms. The summed E-state index contributed by atoms with van der Waals surface area (Å²) in [4.78, 5) is 24.5. The Morgan fingerprint density at radius 2 is 1.86 bits per heavy atom. The second kappa shape index (κ2) is 9.38. The zero-order valence-corrected chi connectivity index (χ0v) is 15.5. The number of unbranched alkanes of at least 4 members (excludes halogenated alkanes) is 2. The fourth-order valence-corrected chi connectivity index (χ4v) is 2.40. The molecule has 0 atom stereocenters. The minimum Gasteiger partial charge on any atom is -0.366 e. The van der Waals surface area contributed by atoms with Crippen molar-refractivity contribution in [1.29, 1.82) is 0 Å². The number of aromatic nitrogens is 2. The molecule has 0 aliphatic rings. The van der Waals surface area contributed by atoms with Crippen molar-refractivity contribution in [3.63, 3.8) is 0 Å². The van der Waals surface area contributed by atoms with Crippen molar-refractivity contribution in [2.45, 2.75) is 32.4 Å². The number of hydrogen-bond acceptors (Lipinski definition) is 4. The summed E-state index contributed by atoms with van der Waals surface area (Å²) >= 11 is 0. The number of benzene rings is 1. The van der Waals surface area contributed by atoms with Gasteiger partial charge in [0, 0.05) is 31.5 Å². The number of alkyl halides is 3. The Labute approximate surface area is 160 Å². The highest BCUT2D eigenvalue weighted by atomic mass is 19.4. The Balaban J connectivity index is 2.32. The van der Waals surface area contributed by atoms with Gasteiger partial charge in [0.05, 0.1) is 23.2 Å². The number of carbonyl (C=O) groups excluding carboxylic acids is 1. The van der Waals surface area contributed by atoms with E-state index in [0.717, 1.165) is 31.9 Å². The molecule has 1 heterocycles. The third-order valence-corrected chi connectivity index (χ3v) is 3.97. The van der Waals surface area contributed by atoms with Gasteiger partial charge in [0.25, 0.3) is 0 Å². The van der Waals surface area contributed by atoms with E-state index in [1.807, 2.05) is 11.9 Å². The maximum atomic E-state index is 14.3. The summed E-state index contributed by atoms with van der Waals surface area (Å²) in [6.45, 7) is 2.86. The first-order valence-corrected chi connectivity index (χ1v) is 8.69. The third kappa shape index (κ3) is 5.58. The molecular weight excluding hydrogens is 376 g/mol. The number of carbonyl (C=O) groups is 1. The average Bonchev–Trinajstić information content (AvgIpc) is 2.66. The molecule has 2 aromatic rings. The average molecular weight is 396 g/mol. The lowest BCUT2D eigenvalue weighted by Crippen LogP contribution is -2.17. The van der Waals surface area contributed by atoms with Gasteiger partial charge in [-0.3, -0.25) is 4.79 Å². The summed E-state index contributed by atoms with van der Waals surface area (Å²) in [6.07, 6.45) is 1.69. The molecule has 9 heteroatoms. The van der Waals surface area contributed by atoms with Gasteiger partial charge in [-0.05, 0) is 18.6 Å². The molecule has 0 saturated heterocycles. The maximum absolute atomic E-state index is 14.3. The van der Waals surface area contributed by atoms with Gasteiger partial charge < -0.3 is 4.90 Å². The van der Waals surface area contributed by atoms with E-state index < -0.39 is 17.6 Å². The van der Waals surface area contributed by atoms with Crippen LogP contribution in [0.4, 0.5) is 23.2 Å². The monoisotopic (exact) mass is 396 g/mol. The summed E-state index contributed by atoms with van der Waals surface area (Å²) in [7, 11) is 1.82. The van der Waals surface area contributed by atoms with Gasteiger partial charge in [0.15, 0.2) is 12.1 Å². The Hall–Kier alpha value is -2.84. The molecule has 0 unspecified atom stereocenters. The first-order chi connectivity index (χ1) is 13.3. The van der Waals surface area contributed by atoms with E-state index in [1.54, 1.807) is 0 Å². The Morgan fingerprint density at radius 3 is 2.43 bits per heavy atom. The van der Waals surface area contributed by atoms with E-state index in [4.69, 9.17) is 0 Å². The first kappa shape index (κ1) is 21.5. The molecular formula is C19H20F4N4O. The molecule has 0 radical (unpaired) electrons. The largest absolute Gasteiger partial charge is 0.419 e. The molecule has 1 aromatic heterocycles. The van der Waals surface area contributed by atoms with Gasteiger partial charge in [-0.15, -0.1) is 0 Å². The molecule has 0 N–H and O–H groups in total. The van der Waals surface area contributed by atoms with Crippen LogP contribution in [0.5, 0.6) is 0 Å². The second-order valence-corrected chi connectivity index (χ2v) is 6.23. The second-order valence-electron chi connectivity index (χ2n) is 6.23. The van der Waals surface area contributed by atoms with E-state index in [1.165, 1.54) is 12.4 Å². The normalized spacial score (nSPS) is 11.8. The highest BCUT2D eigenvalue weighted by Gasteiger charge is 2.31. The summed E-state index contributed by atoms with van der Waals surface area (Å²) in [5, 5.41) is 0. The zero-order valence-electron chi connectivity index (χ0n) is 15.5. The number of rotatable bonds is 8. The van der Waals surface area contributed by atoms with Crippen molar-refractivity contribution in [3.05, 3.63) is 41.5 Å². The molecule has 0 aliphatic carbocycles. The highest BCUT2D eigenvalue weighted by molar-refractivity contribution is 5.86.